The van der Waals surface area contributed by atoms with Crippen molar-refractivity contribution in [2.45, 2.75) is 9.37 Å². The molecule has 2 heterocycles. The lowest BCUT2D eigenvalue weighted by Crippen LogP contribution is -2.09. The first-order valence-corrected chi connectivity index (χ1v) is 7.41. The molecule has 0 atom stereocenters. The largest absolute Gasteiger partial charge is 0.353 e. The predicted octanol–water partition coefficient (Wildman–Crippen LogP) is 2.74. The lowest BCUT2D eigenvalue weighted by atomic mass is 10.4. The molecule has 2 rings (SSSR count). The Hall–Kier alpha value is -0.800. The zero-order chi connectivity index (χ0) is 14.0. The van der Waals surface area contributed by atoms with E-state index >= 15 is 0 Å². The van der Waals surface area contributed by atoms with Gasteiger partial charge in [-0.05, 0) is 17.8 Å². The summed E-state index contributed by atoms with van der Waals surface area (Å²) < 4.78 is 0.739. The average molecular weight is 337 g/mol. The highest BCUT2D eigenvalue weighted by Gasteiger charge is 2.13. The quantitative estimate of drug-likeness (QED) is 0.656. The highest BCUT2D eigenvalue weighted by atomic mass is 35.5. The number of rotatable bonds is 4. The van der Waals surface area contributed by atoms with Crippen LogP contribution in [-0.4, -0.2) is 29.3 Å². The highest BCUT2D eigenvalue weighted by molar-refractivity contribution is 8.01. The van der Waals surface area contributed by atoms with Crippen molar-refractivity contribution in [3.05, 3.63) is 16.1 Å². The first-order valence-electron chi connectivity index (χ1n) is 5.02. The molecule has 0 saturated carbocycles. The Labute approximate surface area is 128 Å². The second-order valence-corrected chi connectivity index (χ2v) is 6.60. The zero-order valence-corrected chi connectivity index (χ0v) is 13.2. The van der Waals surface area contributed by atoms with Crippen molar-refractivity contribution < 1.29 is 0 Å². The molecule has 2 aromatic heterocycles. The van der Waals surface area contributed by atoms with Crippen molar-refractivity contribution in [1.82, 2.24) is 15.2 Å². The Kier molecular flexibility index (Phi) is 4.69. The zero-order valence-electron chi connectivity index (χ0n) is 10.0. The van der Waals surface area contributed by atoms with Crippen molar-refractivity contribution in [3.8, 4) is 0 Å². The molecular formula is C9H10Cl2N6S2. The molecule has 0 unspecified atom stereocenters. The lowest BCUT2D eigenvalue weighted by molar-refractivity contribution is 0.970. The van der Waals surface area contributed by atoms with Crippen LogP contribution < -0.4 is 16.2 Å². The molecule has 10 heteroatoms. The van der Waals surface area contributed by atoms with Gasteiger partial charge in [0.2, 0.25) is 5.13 Å². The second-order valence-electron chi connectivity index (χ2n) is 3.60. The molecule has 0 aromatic carbocycles. The van der Waals surface area contributed by atoms with Crippen LogP contribution in [0.5, 0.6) is 0 Å². The van der Waals surface area contributed by atoms with E-state index in [1.807, 2.05) is 19.0 Å². The van der Waals surface area contributed by atoms with E-state index in [9.17, 15) is 0 Å². The minimum atomic E-state index is 0.364. The Morgan fingerprint density at radius 1 is 1.32 bits per heavy atom. The number of aromatic nitrogens is 3. The summed E-state index contributed by atoms with van der Waals surface area (Å²) in [5.74, 6) is 5.69. The molecular weight excluding hydrogens is 327 g/mol. The van der Waals surface area contributed by atoms with Crippen LogP contribution in [0.25, 0.3) is 0 Å². The minimum absolute atomic E-state index is 0.364. The van der Waals surface area contributed by atoms with Gasteiger partial charge >= 0.3 is 0 Å². The number of halogens is 2. The van der Waals surface area contributed by atoms with E-state index in [1.165, 1.54) is 23.1 Å². The number of hydrogen-bond acceptors (Lipinski definition) is 8. The number of hydrogen-bond donors (Lipinski definition) is 2. The summed E-state index contributed by atoms with van der Waals surface area (Å²) in [4.78, 5) is 6.11. The Morgan fingerprint density at radius 2 is 2.05 bits per heavy atom. The molecule has 0 radical (unpaired) electrons. The molecule has 0 spiro atoms. The maximum Gasteiger partial charge on any atom is 0.208 e. The van der Waals surface area contributed by atoms with E-state index in [-0.39, 0.29) is 0 Å². The predicted molar refractivity (Wildman–Crippen MR) is 80.4 cm³/mol. The lowest BCUT2D eigenvalue weighted by Gasteiger charge is -2.06. The summed E-state index contributed by atoms with van der Waals surface area (Å²) >= 11 is 14.8. The SMILES string of the molecule is CN(C)c1nnc(Sc2nc(NN)c(Cl)cc2Cl)s1. The van der Waals surface area contributed by atoms with Crippen LogP contribution in [0.2, 0.25) is 10.0 Å². The van der Waals surface area contributed by atoms with Crippen molar-refractivity contribution >= 4 is 57.2 Å². The molecule has 3 N–H and O–H groups in total. The molecule has 19 heavy (non-hydrogen) atoms. The standard InChI is InChI=1S/C9H10Cl2N6S2/c1-17(2)8-15-16-9(19-8)18-7-5(11)3-4(10)6(13-7)14-12/h3H,12H2,1-2H3,(H,13,14). The smallest absolute Gasteiger partial charge is 0.208 e. The second kappa shape index (κ2) is 6.10. The van der Waals surface area contributed by atoms with Gasteiger partial charge in [0, 0.05) is 14.1 Å². The van der Waals surface area contributed by atoms with E-state index in [4.69, 9.17) is 29.0 Å². The van der Waals surface area contributed by atoms with Crippen molar-refractivity contribution in [3.63, 3.8) is 0 Å². The van der Waals surface area contributed by atoms with Gasteiger partial charge in [-0.25, -0.2) is 10.8 Å². The van der Waals surface area contributed by atoms with Crippen LogP contribution in [0.4, 0.5) is 10.9 Å². The van der Waals surface area contributed by atoms with E-state index in [2.05, 4.69) is 20.6 Å². The van der Waals surface area contributed by atoms with Gasteiger partial charge in [0.05, 0.1) is 10.0 Å². The molecule has 0 aliphatic carbocycles. The number of hydrazine groups is 1. The number of nitrogens with one attached hydrogen (secondary N) is 1. The number of pyridine rings is 1. The molecule has 0 aliphatic rings. The van der Waals surface area contributed by atoms with Crippen LogP contribution in [0.1, 0.15) is 0 Å². The maximum atomic E-state index is 6.09. The Morgan fingerprint density at radius 3 is 2.63 bits per heavy atom. The molecule has 0 saturated heterocycles. The van der Waals surface area contributed by atoms with Gasteiger partial charge in [-0.15, -0.1) is 10.2 Å². The summed E-state index contributed by atoms with van der Waals surface area (Å²) in [5, 5.41) is 10.3. The fraction of sp³-hybridized carbons (Fsp3) is 0.222. The fourth-order valence-corrected chi connectivity index (χ4v) is 3.33. The molecule has 0 amide bonds. The van der Waals surface area contributed by atoms with E-state index in [0.29, 0.717) is 20.9 Å². The maximum absolute atomic E-state index is 6.09. The van der Waals surface area contributed by atoms with Crippen molar-refractivity contribution in [1.29, 1.82) is 0 Å². The van der Waals surface area contributed by atoms with Crippen molar-refractivity contribution in [2.24, 2.45) is 5.84 Å². The van der Waals surface area contributed by atoms with E-state index in [0.717, 1.165) is 9.47 Å². The number of nitrogens with zero attached hydrogens (tertiary/aromatic N) is 4. The number of nitrogens with two attached hydrogens (primary N) is 1. The normalized spacial score (nSPS) is 10.6. The average Bonchev–Trinajstić information content (AvgIpc) is 2.81. The molecule has 102 valence electrons. The van der Waals surface area contributed by atoms with Gasteiger partial charge in [-0.2, -0.15) is 0 Å². The summed E-state index contributed by atoms with van der Waals surface area (Å²) in [6, 6.07) is 1.58. The monoisotopic (exact) mass is 336 g/mol. The van der Waals surface area contributed by atoms with Crippen LogP contribution >= 0.6 is 46.3 Å². The number of anilines is 2. The van der Waals surface area contributed by atoms with E-state index in [1.54, 1.807) is 6.07 Å². The summed E-state index contributed by atoms with van der Waals surface area (Å²) in [5.41, 5.74) is 2.42. The van der Waals surface area contributed by atoms with Gasteiger partial charge in [-0.3, -0.25) is 0 Å². The van der Waals surface area contributed by atoms with Gasteiger partial charge in [0.15, 0.2) is 10.2 Å². The van der Waals surface area contributed by atoms with Gasteiger partial charge in [0.1, 0.15) is 5.03 Å². The summed E-state index contributed by atoms with van der Waals surface area (Å²) in [7, 11) is 3.80. The van der Waals surface area contributed by atoms with Crippen LogP contribution in [0, 0.1) is 0 Å². The fourth-order valence-electron chi connectivity index (χ4n) is 1.13. The van der Waals surface area contributed by atoms with Crippen LogP contribution in [0.3, 0.4) is 0 Å². The highest BCUT2D eigenvalue weighted by Crippen LogP contribution is 2.37. The van der Waals surface area contributed by atoms with Crippen LogP contribution in [-0.2, 0) is 0 Å². The Balaban J connectivity index is 2.27. The van der Waals surface area contributed by atoms with Gasteiger partial charge in [-0.1, -0.05) is 34.5 Å². The third-order valence-corrected chi connectivity index (χ3v) is 4.83. The third kappa shape index (κ3) is 3.40. The topological polar surface area (TPSA) is 80.0 Å². The summed E-state index contributed by atoms with van der Waals surface area (Å²) in [6.45, 7) is 0. The molecule has 2 aromatic rings. The molecule has 6 nitrogen and oxygen atoms in total. The van der Waals surface area contributed by atoms with E-state index < -0.39 is 0 Å². The molecule has 0 bridgehead atoms. The Bertz CT molecular complexity index is 588. The first-order chi connectivity index (χ1) is 9.01. The minimum Gasteiger partial charge on any atom is -0.353 e. The summed E-state index contributed by atoms with van der Waals surface area (Å²) in [6.07, 6.45) is 0. The van der Waals surface area contributed by atoms with Crippen molar-refractivity contribution in [2.75, 3.05) is 24.4 Å². The van der Waals surface area contributed by atoms with Crippen LogP contribution in [0.15, 0.2) is 15.4 Å². The first kappa shape index (κ1) is 14.6. The molecule has 0 fully saturated rings. The molecule has 0 aliphatic heterocycles. The van der Waals surface area contributed by atoms with Gasteiger partial charge in [0.25, 0.3) is 0 Å². The third-order valence-electron chi connectivity index (χ3n) is 2.00. The van der Waals surface area contributed by atoms with Gasteiger partial charge < -0.3 is 10.3 Å². The number of nitrogen functional groups attached to an aromatic ring is 1.